The molecule has 1 unspecified atom stereocenters. The van der Waals surface area contributed by atoms with Crippen LogP contribution in [-0.4, -0.2) is 26.1 Å². The summed E-state index contributed by atoms with van der Waals surface area (Å²) in [4.78, 5) is 10.3. The van der Waals surface area contributed by atoms with E-state index in [9.17, 15) is 4.79 Å². The van der Waals surface area contributed by atoms with Gasteiger partial charge in [0.25, 0.3) is 0 Å². The first kappa shape index (κ1) is 8.20. The van der Waals surface area contributed by atoms with E-state index in [-0.39, 0.29) is 5.69 Å². The van der Waals surface area contributed by atoms with E-state index in [2.05, 4.69) is 10.3 Å². The Labute approximate surface area is 68.0 Å². The van der Waals surface area contributed by atoms with E-state index in [4.69, 9.17) is 10.4 Å². The summed E-state index contributed by atoms with van der Waals surface area (Å²) in [6.45, 7) is 1.60. The van der Waals surface area contributed by atoms with Crippen molar-refractivity contribution in [1.29, 1.82) is 5.26 Å². The van der Waals surface area contributed by atoms with Gasteiger partial charge >= 0.3 is 5.97 Å². The third-order valence-electron chi connectivity index (χ3n) is 1.31. The van der Waals surface area contributed by atoms with Gasteiger partial charge in [-0.1, -0.05) is 5.21 Å². The molecule has 0 fully saturated rings. The average molecular weight is 166 g/mol. The van der Waals surface area contributed by atoms with Gasteiger partial charge in [0.1, 0.15) is 6.04 Å². The minimum atomic E-state index is -1.15. The fourth-order valence-corrected chi connectivity index (χ4v) is 0.623. The van der Waals surface area contributed by atoms with Crippen LogP contribution in [0.3, 0.4) is 0 Å². The lowest BCUT2D eigenvalue weighted by Gasteiger charge is -1.97. The molecule has 12 heavy (non-hydrogen) atoms. The maximum absolute atomic E-state index is 10.3. The second kappa shape index (κ2) is 3.00. The molecule has 1 aromatic rings. The molecule has 0 aliphatic heterocycles. The van der Waals surface area contributed by atoms with Gasteiger partial charge in [0, 0.05) is 0 Å². The smallest absolute Gasteiger partial charge is 0.358 e. The summed E-state index contributed by atoms with van der Waals surface area (Å²) in [6, 6.07) is 1.41. The van der Waals surface area contributed by atoms with E-state index < -0.39 is 12.0 Å². The number of carboxylic acids is 1. The Hall–Kier alpha value is -1.90. The van der Waals surface area contributed by atoms with Crippen LogP contribution in [0.25, 0.3) is 0 Å². The van der Waals surface area contributed by atoms with Crippen LogP contribution in [-0.2, 0) is 0 Å². The molecule has 0 radical (unpaired) electrons. The Morgan fingerprint density at radius 2 is 2.58 bits per heavy atom. The Kier molecular flexibility index (Phi) is 2.05. The molecule has 0 bridgehead atoms. The first-order valence-corrected chi connectivity index (χ1v) is 3.20. The molecule has 0 saturated carbocycles. The van der Waals surface area contributed by atoms with Crippen LogP contribution in [0.1, 0.15) is 23.5 Å². The van der Waals surface area contributed by atoms with Crippen molar-refractivity contribution in [2.45, 2.75) is 13.0 Å². The van der Waals surface area contributed by atoms with E-state index in [1.807, 2.05) is 6.07 Å². The molecule has 0 spiro atoms. The molecule has 0 amide bonds. The molecular weight excluding hydrogens is 160 g/mol. The number of nitrogens with zero attached hydrogens (tertiary/aromatic N) is 4. The number of hydrogen-bond acceptors (Lipinski definition) is 4. The van der Waals surface area contributed by atoms with Gasteiger partial charge in [-0.05, 0) is 6.92 Å². The molecule has 6 nitrogen and oxygen atoms in total. The number of rotatable bonds is 2. The van der Waals surface area contributed by atoms with E-state index in [1.54, 1.807) is 6.92 Å². The number of aromatic carboxylic acids is 1. The summed E-state index contributed by atoms with van der Waals surface area (Å²) in [5.74, 6) is -1.15. The van der Waals surface area contributed by atoms with Crippen molar-refractivity contribution in [2.75, 3.05) is 0 Å². The molecule has 6 heteroatoms. The minimum Gasteiger partial charge on any atom is -0.476 e. The van der Waals surface area contributed by atoms with Crippen LogP contribution in [0, 0.1) is 11.3 Å². The predicted octanol–water partition coefficient (Wildman–Crippen LogP) is 0.0609. The van der Waals surface area contributed by atoms with Gasteiger partial charge in [0.15, 0.2) is 5.69 Å². The first-order valence-electron chi connectivity index (χ1n) is 3.20. The molecule has 1 aromatic heterocycles. The zero-order chi connectivity index (χ0) is 9.14. The van der Waals surface area contributed by atoms with Crippen LogP contribution in [0.5, 0.6) is 0 Å². The molecule has 0 aliphatic carbocycles. The lowest BCUT2D eigenvalue weighted by molar-refractivity contribution is 0.0690. The van der Waals surface area contributed by atoms with Crippen LogP contribution < -0.4 is 0 Å². The third kappa shape index (κ3) is 1.40. The highest BCUT2D eigenvalue weighted by molar-refractivity contribution is 5.84. The lowest BCUT2D eigenvalue weighted by Crippen LogP contribution is -2.02. The first-order chi connectivity index (χ1) is 5.65. The summed E-state index contributed by atoms with van der Waals surface area (Å²) < 4.78 is 1.20. The van der Waals surface area contributed by atoms with Crippen LogP contribution in [0.15, 0.2) is 6.20 Å². The van der Waals surface area contributed by atoms with Crippen LogP contribution in [0.4, 0.5) is 0 Å². The van der Waals surface area contributed by atoms with Crippen LogP contribution in [0.2, 0.25) is 0 Å². The average Bonchev–Trinajstić information content (AvgIpc) is 2.51. The van der Waals surface area contributed by atoms with Gasteiger partial charge in [-0.15, -0.1) is 5.10 Å². The van der Waals surface area contributed by atoms with Crippen molar-refractivity contribution < 1.29 is 9.90 Å². The second-order valence-corrected chi connectivity index (χ2v) is 2.19. The quantitative estimate of drug-likeness (QED) is 0.670. The Morgan fingerprint density at radius 1 is 1.92 bits per heavy atom. The lowest BCUT2D eigenvalue weighted by atomic mass is 10.4. The van der Waals surface area contributed by atoms with Gasteiger partial charge in [-0.3, -0.25) is 0 Å². The molecule has 0 aromatic carbocycles. The molecule has 0 saturated heterocycles. The van der Waals surface area contributed by atoms with Gasteiger partial charge in [-0.2, -0.15) is 5.26 Å². The van der Waals surface area contributed by atoms with E-state index in [0.717, 1.165) is 0 Å². The predicted molar refractivity (Wildman–Crippen MR) is 37.3 cm³/mol. The van der Waals surface area contributed by atoms with Gasteiger partial charge < -0.3 is 5.11 Å². The van der Waals surface area contributed by atoms with E-state index >= 15 is 0 Å². The van der Waals surface area contributed by atoms with E-state index in [0.29, 0.717) is 0 Å². The molecular formula is C6H6N4O2. The van der Waals surface area contributed by atoms with Crippen molar-refractivity contribution in [1.82, 2.24) is 15.0 Å². The number of hydrogen-bond donors (Lipinski definition) is 1. The zero-order valence-corrected chi connectivity index (χ0v) is 6.30. The second-order valence-electron chi connectivity index (χ2n) is 2.19. The van der Waals surface area contributed by atoms with Gasteiger partial charge in [0.05, 0.1) is 12.3 Å². The van der Waals surface area contributed by atoms with Gasteiger partial charge in [0.2, 0.25) is 0 Å². The maximum Gasteiger partial charge on any atom is 0.358 e. The molecule has 1 heterocycles. The number of aromatic nitrogens is 3. The number of carbonyl (C=O) groups is 1. The van der Waals surface area contributed by atoms with E-state index in [1.165, 1.54) is 10.9 Å². The third-order valence-corrected chi connectivity index (χ3v) is 1.31. The normalized spacial score (nSPS) is 12.0. The summed E-state index contributed by atoms with van der Waals surface area (Å²) in [6.07, 6.45) is 1.22. The van der Waals surface area contributed by atoms with Crippen molar-refractivity contribution >= 4 is 5.97 Å². The topological polar surface area (TPSA) is 91.8 Å². The molecule has 0 aliphatic rings. The number of nitriles is 1. The fourth-order valence-electron chi connectivity index (χ4n) is 0.623. The van der Waals surface area contributed by atoms with Crippen molar-refractivity contribution in [2.24, 2.45) is 0 Å². The van der Waals surface area contributed by atoms with Crippen LogP contribution >= 0.6 is 0 Å². The standard InChI is InChI=1S/C6H6N4O2/c1-4(2-7)10-3-5(6(11)12)8-9-10/h3-4H,1H3,(H,11,12). The SMILES string of the molecule is CC(C#N)n1cc(C(=O)O)nn1. The zero-order valence-electron chi connectivity index (χ0n) is 6.30. The molecule has 1 atom stereocenters. The minimum absolute atomic E-state index is 0.155. The summed E-state index contributed by atoms with van der Waals surface area (Å²) in [5.41, 5.74) is -0.155. The summed E-state index contributed by atoms with van der Waals surface area (Å²) >= 11 is 0. The highest BCUT2D eigenvalue weighted by Gasteiger charge is 2.10. The largest absolute Gasteiger partial charge is 0.476 e. The monoisotopic (exact) mass is 166 g/mol. The van der Waals surface area contributed by atoms with Crippen molar-refractivity contribution in [3.05, 3.63) is 11.9 Å². The molecule has 62 valence electrons. The molecule has 1 N–H and O–H groups in total. The Morgan fingerprint density at radius 3 is 3.00 bits per heavy atom. The van der Waals surface area contributed by atoms with Crippen molar-refractivity contribution in [3.8, 4) is 6.07 Å². The Balaban J connectivity index is 2.93. The number of carboxylic acid groups (broad SMARTS) is 1. The highest BCUT2D eigenvalue weighted by Crippen LogP contribution is 2.01. The highest BCUT2D eigenvalue weighted by atomic mass is 16.4. The maximum atomic E-state index is 10.3. The fraction of sp³-hybridized carbons (Fsp3) is 0.333. The summed E-state index contributed by atoms with van der Waals surface area (Å²) in [7, 11) is 0. The van der Waals surface area contributed by atoms with Crippen molar-refractivity contribution in [3.63, 3.8) is 0 Å². The Bertz CT molecular complexity index is 338. The van der Waals surface area contributed by atoms with Gasteiger partial charge in [-0.25, -0.2) is 9.48 Å². The summed E-state index contributed by atoms with van der Waals surface area (Å²) in [5, 5.41) is 23.7. The molecule has 1 rings (SSSR count).